The second-order valence-corrected chi connectivity index (χ2v) is 9.15. The van der Waals surface area contributed by atoms with Gasteiger partial charge in [-0.3, -0.25) is 4.79 Å². The van der Waals surface area contributed by atoms with Crippen LogP contribution in [-0.4, -0.2) is 50.3 Å². The van der Waals surface area contributed by atoms with Crippen molar-refractivity contribution in [2.24, 2.45) is 0 Å². The van der Waals surface area contributed by atoms with Crippen LogP contribution in [-0.2, 0) is 20.7 Å². The lowest BCUT2D eigenvalue weighted by molar-refractivity contribution is -0.143. The minimum absolute atomic E-state index is 0.0543. The third kappa shape index (κ3) is 8.19. The fraction of sp³-hybridized carbons (Fsp3) is 0.375. The quantitative estimate of drug-likeness (QED) is 0.406. The topological polar surface area (TPSA) is 117 Å². The highest BCUT2D eigenvalue weighted by Gasteiger charge is 2.23. The van der Waals surface area contributed by atoms with Crippen LogP contribution >= 0.6 is 11.6 Å². The molecule has 0 spiro atoms. The second kappa shape index (κ2) is 11.8. The number of nitrogens with zero attached hydrogens (tertiary/aromatic N) is 4. The monoisotopic (exact) mass is 519 g/mol. The zero-order chi connectivity index (χ0) is 26.3. The molecule has 3 rings (SSSR count). The lowest BCUT2D eigenvalue weighted by Gasteiger charge is -2.23. The van der Waals surface area contributed by atoms with Gasteiger partial charge in [0.05, 0.1) is 35.6 Å². The molecule has 36 heavy (non-hydrogen) atoms. The van der Waals surface area contributed by atoms with Crippen LogP contribution in [0.3, 0.4) is 0 Å². The predicted octanol–water partition coefficient (Wildman–Crippen LogP) is 4.64. The Morgan fingerprint density at radius 2 is 1.92 bits per heavy atom. The van der Waals surface area contributed by atoms with Gasteiger partial charge in [0.15, 0.2) is 5.82 Å². The summed E-state index contributed by atoms with van der Waals surface area (Å²) in [6.45, 7) is 7.18. The van der Waals surface area contributed by atoms with E-state index in [0.717, 1.165) is 6.07 Å². The van der Waals surface area contributed by atoms with E-state index in [0.29, 0.717) is 17.1 Å². The normalized spacial score (nSPS) is 12.1. The first-order valence-electron chi connectivity index (χ1n) is 11.2. The van der Waals surface area contributed by atoms with Gasteiger partial charge >= 0.3 is 12.1 Å². The number of hydrogen-bond donors (Lipinski definition) is 1. The Balaban J connectivity index is 1.68. The maximum Gasteiger partial charge on any atom is 0.407 e. The van der Waals surface area contributed by atoms with E-state index >= 15 is 0 Å². The molecule has 0 aliphatic heterocycles. The van der Waals surface area contributed by atoms with Crippen molar-refractivity contribution in [3.05, 3.63) is 59.3 Å². The van der Waals surface area contributed by atoms with Crippen LogP contribution in [0.1, 0.15) is 39.8 Å². The Labute approximate surface area is 212 Å². The molecule has 1 unspecified atom stereocenters. The minimum atomic E-state index is -0.688. The van der Waals surface area contributed by atoms with Crippen LogP contribution in [0.25, 0.3) is 5.69 Å². The van der Waals surface area contributed by atoms with Gasteiger partial charge in [0.1, 0.15) is 11.4 Å². The molecule has 0 saturated carbocycles. The van der Waals surface area contributed by atoms with Crippen molar-refractivity contribution < 1.29 is 28.2 Å². The number of benzene rings is 1. The molecule has 10 nitrogen and oxygen atoms in total. The first-order chi connectivity index (χ1) is 17.0. The predicted molar refractivity (Wildman–Crippen MR) is 129 cm³/mol. The molecule has 1 N–H and O–H groups in total. The molecule has 2 aromatic heterocycles. The molecule has 12 heteroatoms. The summed E-state index contributed by atoms with van der Waals surface area (Å²) in [6, 6.07) is 7.09. The average molecular weight is 520 g/mol. The Kier molecular flexibility index (Phi) is 8.81. The molecule has 0 aliphatic rings. The standard InChI is InChI=1S/C24H27ClFN5O5/c1-5-34-21(32)12-16(29-23(33)36-24(2,3)4)11-17-14-28-31(30-17)18-6-8-19(9-7-18)35-22-20(26)10-15(25)13-27-22/h6-10,13-14,16H,5,11-12H2,1-4H3,(H,29,33). The van der Waals surface area contributed by atoms with Gasteiger partial charge in [-0.05, 0) is 58.0 Å². The molecule has 1 aromatic carbocycles. The number of alkyl carbamates (subject to hydrolysis) is 1. The highest BCUT2D eigenvalue weighted by molar-refractivity contribution is 6.30. The Hall–Kier alpha value is -3.73. The Morgan fingerprint density at radius 1 is 1.19 bits per heavy atom. The summed E-state index contributed by atoms with van der Waals surface area (Å²) >= 11 is 5.71. The van der Waals surface area contributed by atoms with E-state index < -0.39 is 29.5 Å². The highest BCUT2D eigenvalue weighted by Crippen LogP contribution is 2.24. The van der Waals surface area contributed by atoms with Gasteiger partial charge in [0, 0.05) is 18.7 Å². The molecule has 0 radical (unpaired) electrons. The summed E-state index contributed by atoms with van der Waals surface area (Å²) in [7, 11) is 0. The van der Waals surface area contributed by atoms with Crippen molar-refractivity contribution in [1.29, 1.82) is 0 Å². The van der Waals surface area contributed by atoms with E-state index in [1.54, 1.807) is 52.0 Å². The highest BCUT2D eigenvalue weighted by atomic mass is 35.5. The van der Waals surface area contributed by atoms with Crippen molar-refractivity contribution in [2.75, 3.05) is 6.61 Å². The lowest BCUT2D eigenvalue weighted by Crippen LogP contribution is -2.41. The number of amides is 1. The van der Waals surface area contributed by atoms with Crippen molar-refractivity contribution >= 4 is 23.7 Å². The van der Waals surface area contributed by atoms with E-state index in [-0.39, 0.29) is 30.4 Å². The summed E-state index contributed by atoms with van der Waals surface area (Å²) in [5, 5.41) is 11.5. The van der Waals surface area contributed by atoms with Crippen LogP contribution in [0, 0.1) is 5.82 Å². The lowest BCUT2D eigenvalue weighted by atomic mass is 10.1. The number of rotatable bonds is 9. The van der Waals surface area contributed by atoms with E-state index in [1.807, 2.05) is 0 Å². The molecule has 192 valence electrons. The summed E-state index contributed by atoms with van der Waals surface area (Å²) in [6.07, 6.45) is 2.34. The number of esters is 1. The van der Waals surface area contributed by atoms with E-state index in [1.165, 1.54) is 17.2 Å². The molecular formula is C24H27ClFN5O5. The number of ether oxygens (including phenoxy) is 3. The fourth-order valence-corrected chi connectivity index (χ4v) is 3.22. The first kappa shape index (κ1) is 26.9. The van der Waals surface area contributed by atoms with Gasteiger partial charge in [-0.15, -0.1) is 0 Å². The largest absolute Gasteiger partial charge is 0.466 e. The van der Waals surface area contributed by atoms with E-state index in [2.05, 4.69) is 20.5 Å². The smallest absolute Gasteiger partial charge is 0.407 e. The second-order valence-electron chi connectivity index (χ2n) is 8.72. The van der Waals surface area contributed by atoms with Crippen molar-refractivity contribution in [2.45, 2.75) is 52.2 Å². The van der Waals surface area contributed by atoms with E-state index in [4.69, 9.17) is 25.8 Å². The van der Waals surface area contributed by atoms with Crippen LogP contribution in [0.5, 0.6) is 11.6 Å². The molecule has 3 aromatic rings. The van der Waals surface area contributed by atoms with Gasteiger partial charge < -0.3 is 19.5 Å². The van der Waals surface area contributed by atoms with Gasteiger partial charge in [-0.2, -0.15) is 15.0 Å². The summed E-state index contributed by atoms with van der Waals surface area (Å²) in [4.78, 5) is 29.5. The van der Waals surface area contributed by atoms with Gasteiger partial charge in [0.25, 0.3) is 5.88 Å². The van der Waals surface area contributed by atoms with Crippen molar-refractivity contribution in [3.8, 4) is 17.3 Å². The summed E-state index contributed by atoms with van der Waals surface area (Å²) in [5.41, 5.74) is 0.459. The first-order valence-corrected chi connectivity index (χ1v) is 11.6. The van der Waals surface area contributed by atoms with Crippen molar-refractivity contribution in [1.82, 2.24) is 25.3 Å². The van der Waals surface area contributed by atoms with Crippen molar-refractivity contribution in [3.63, 3.8) is 0 Å². The Bertz CT molecular complexity index is 1200. The SMILES string of the molecule is CCOC(=O)CC(Cc1cnn(-c2ccc(Oc3ncc(Cl)cc3F)cc2)n1)NC(=O)OC(C)(C)C. The summed E-state index contributed by atoms with van der Waals surface area (Å²) in [5.74, 6) is -0.969. The molecule has 1 amide bonds. The van der Waals surface area contributed by atoms with Gasteiger partial charge in [-0.1, -0.05) is 11.6 Å². The number of carbonyl (C=O) groups is 2. The molecule has 0 aliphatic carbocycles. The zero-order valence-corrected chi connectivity index (χ0v) is 21.1. The maximum absolute atomic E-state index is 13.9. The van der Waals surface area contributed by atoms with Crippen LogP contribution < -0.4 is 10.1 Å². The average Bonchev–Trinajstić information content (AvgIpc) is 3.23. The maximum atomic E-state index is 13.9. The van der Waals surface area contributed by atoms with Crippen LogP contribution in [0.2, 0.25) is 5.02 Å². The van der Waals surface area contributed by atoms with Crippen LogP contribution in [0.4, 0.5) is 9.18 Å². The molecule has 0 bridgehead atoms. The van der Waals surface area contributed by atoms with Crippen LogP contribution in [0.15, 0.2) is 42.7 Å². The third-order valence-electron chi connectivity index (χ3n) is 4.49. The fourth-order valence-electron chi connectivity index (χ4n) is 3.07. The summed E-state index contributed by atoms with van der Waals surface area (Å²) < 4.78 is 29.7. The number of aromatic nitrogens is 4. The van der Waals surface area contributed by atoms with Gasteiger partial charge in [-0.25, -0.2) is 14.2 Å². The third-order valence-corrected chi connectivity index (χ3v) is 4.70. The molecule has 0 fully saturated rings. The zero-order valence-electron chi connectivity index (χ0n) is 20.3. The molecule has 0 saturated heterocycles. The molecule has 2 heterocycles. The molecular weight excluding hydrogens is 493 g/mol. The Morgan fingerprint density at radius 3 is 2.56 bits per heavy atom. The number of nitrogens with one attached hydrogen (secondary N) is 1. The number of carbonyl (C=O) groups excluding carboxylic acids is 2. The van der Waals surface area contributed by atoms with E-state index in [9.17, 15) is 14.0 Å². The number of hydrogen-bond acceptors (Lipinski definition) is 8. The number of pyridine rings is 1. The minimum Gasteiger partial charge on any atom is -0.466 e. The van der Waals surface area contributed by atoms with Gasteiger partial charge in [0.2, 0.25) is 0 Å². The number of halogens is 2. The molecule has 1 atom stereocenters.